The van der Waals surface area contributed by atoms with Gasteiger partial charge in [-0.25, -0.2) is 9.78 Å². The molecule has 3 heterocycles. The Kier molecular flexibility index (Phi) is 2.74. The van der Waals surface area contributed by atoms with Crippen LogP contribution in [0, 0.1) is 5.92 Å². The number of thiazole rings is 1. The van der Waals surface area contributed by atoms with Crippen molar-refractivity contribution in [3.8, 4) is 0 Å². The lowest BCUT2D eigenvalue weighted by atomic mass is 10.1. The van der Waals surface area contributed by atoms with Gasteiger partial charge in [0.2, 0.25) is 0 Å². The highest BCUT2D eigenvalue weighted by Gasteiger charge is 2.29. The minimum atomic E-state index is -0.907. The van der Waals surface area contributed by atoms with Crippen LogP contribution in [-0.2, 0) is 0 Å². The predicted octanol–water partition coefficient (Wildman–Crippen LogP) is 2.33. The number of aromatic nitrogens is 2. The minimum absolute atomic E-state index is 0.294. The molecule has 6 heteroatoms. The Morgan fingerprint density at radius 3 is 3.17 bits per heavy atom. The number of carboxylic acids is 1. The maximum atomic E-state index is 11.4. The molecule has 3 rings (SSSR count). The number of nitrogens with zero attached hydrogens (tertiary/aromatic N) is 3. The van der Waals surface area contributed by atoms with E-state index in [1.807, 2.05) is 5.38 Å². The zero-order chi connectivity index (χ0) is 12.7. The maximum absolute atomic E-state index is 11.4. The maximum Gasteiger partial charge on any atom is 0.356 e. The van der Waals surface area contributed by atoms with E-state index in [1.54, 1.807) is 10.6 Å². The van der Waals surface area contributed by atoms with E-state index in [4.69, 9.17) is 0 Å². The Labute approximate surface area is 109 Å². The standard InChI is InChI=1S/C12H15N3O2S/c1-2-8-3-4-14(7-8)10-9(11(16)17)15-5-6-18-12(15)13-10/h5-6,8H,2-4,7H2,1H3,(H,16,17). The molecule has 5 nitrogen and oxygen atoms in total. The Bertz CT molecular complexity index is 589. The third-order valence-corrected chi connectivity index (χ3v) is 4.37. The van der Waals surface area contributed by atoms with Crippen LogP contribution in [0.3, 0.4) is 0 Å². The normalized spacial score (nSPS) is 19.8. The fourth-order valence-electron chi connectivity index (χ4n) is 2.55. The lowest BCUT2D eigenvalue weighted by molar-refractivity contribution is 0.0690. The summed E-state index contributed by atoms with van der Waals surface area (Å²) in [6.07, 6.45) is 4.04. The smallest absolute Gasteiger partial charge is 0.356 e. The highest BCUT2D eigenvalue weighted by molar-refractivity contribution is 7.15. The molecule has 1 unspecified atom stereocenters. The molecule has 0 saturated carbocycles. The Morgan fingerprint density at radius 2 is 2.50 bits per heavy atom. The van der Waals surface area contributed by atoms with E-state index in [-0.39, 0.29) is 0 Å². The van der Waals surface area contributed by atoms with Crippen molar-refractivity contribution in [2.75, 3.05) is 18.0 Å². The fraction of sp³-hybridized carbons (Fsp3) is 0.500. The van der Waals surface area contributed by atoms with Crippen LogP contribution in [0.1, 0.15) is 30.3 Å². The summed E-state index contributed by atoms with van der Waals surface area (Å²) in [7, 11) is 0. The van der Waals surface area contributed by atoms with Crippen LogP contribution in [0.2, 0.25) is 0 Å². The fourth-order valence-corrected chi connectivity index (χ4v) is 3.26. The van der Waals surface area contributed by atoms with Crippen LogP contribution in [0.25, 0.3) is 4.96 Å². The van der Waals surface area contributed by atoms with Gasteiger partial charge in [0, 0.05) is 24.7 Å². The quantitative estimate of drug-likeness (QED) is 0.925. The van der Waals surface area contributed by atoms with Crippen LogP contribution in [0.5, 0.6) is 0 Å². The van der Waals surface area contributed by atoms with Gasteiger partial charge in [-0.05, 0) is 12.3 Å². The van der Waals surface area contributed by atoms with Gasteiger partial charge < -0.3 is 10.0 Å². The van der Waals surface area contributed by atoms with Gasteiger partial charge in [-0.3, -0.25) is 4.40 Å². The summed E-state index contributed by atoms with van der Waals surface area (Å²) in [5, 5.41) is 11.2. The first-order chi connectivity index (χ1) is 8.70. The van der Waals surface area contributed by atoms with Crippen LogP contribution in [0.15, 0.2) is 11.6 Å². The number of carbonyl (C=O) groups is 1. The number of fused-ring (bicyclic) bond motifs is 1. The van der Waals surface area contributed by atoms with Crippen LogP contribution < -0.4 is 4.90 Å². The minimum Gasteiger partial charge on any atom is -0.476 e. The van der Waals surface area contributed by atoms with Crippen molar-refractivity contribution >= 4 is 28.1 Å². The van der Waals surface area contributed by atoms with Crippen molar-refractivity contribution in [1.29, 1.82) is 0 Å². The number of rotatable bonds is 3. The highest BCUT2D eigenvalue weighted by atomic mass is 32.1. The number of hydrogen-bond acceptors (Lipinski definition) is 4. The van der Waals surface area contributed by atoms with E-state index in [9.17, 15) is 9.90 Å². The zero-order valence-corrected chi connectivity index (χ0v) is 11.0. The average Bonchev–Trinajstić information content (AvgIpc) is 3.02. The van der Waals surface area contributed by atoms with E-state index in [0.29, 0.717) is 17.4 Å². The molecule has 96 valence electrons. The van der Waals surface area contributed by atoms with Gasteiger partial charge in [-0.1, -0.05) is 13.3 Å². The van der Waals surface area contributed by atoms with Crippen molar-refractivity contribution in [3.63, 3.8) is 0 Å². The summed E-state index contributed by atoms with van der Waals surface area (Å²) in [4.78, 5) is 18.8. The summed E-state index contributed by atoms with van der Waals surface area (Å²) < 4.78 is 1.67. The van der Waals surface area contributed by atoms with Crippen LogP contribution >= 0.6 is 11.3 Å². The lowest BCUT2D eigenvalue weighted by Gasteiger charge is -2.16. The molecule has 1 fully saturated rings. The second kappa shape index (κ2) is 4.28. The van der Waals surface area contributed by atoms with Crippen molar-refractivity contribution in [2.24, 2.45) is 5.92 Å². The second-order valence-corrected chi connectivity index (χ2v) is 5.53. The molecule has 0 bridgehead atoms. The summed E-state index contributed by atoms with van der Waals surface area (Å²) in [6, 6.07) is 0. The summed E-state index contributed by atoms with van der Waals surface area (Å²) >= 11 is 1.47. The lowest BCUT2D eigenvalue weighted by Crippen LogP contribution is -2.22. The van der Waals surface area contributed by atoms with Gasteiger partial charge in [0.25, 0.3) is 0 Å². The largest absolute Gasteiger partial charge is 0.476 e. The van der Waals surface area contributed by atoms with Crippen LogP contribution in [0.4, 0.5) is 5.82 Å². The van der Waals surface area contributed by atoms with E-state index in [1.165, 1.54) is 11.3 Å². The van der Waals surface area contributed by atoms with Gasteiger partial charge in [0.1, 0.15) is 0 Å². The number of aromatic carboxylic acids is 1. The molecule has 18 heavy (non-hydrogen) atoms. The molecule has 0 amide bonds. The van der Waals surface area contributed by atoms with Gasteiger partial charge >= 0.3 is 5.97 Å². The second-order valence-electron chi connectivity index (χ2n) is 4.65. The molecule has 0 radical (unpaired) electrons. The van der Waals surface area contributed by atoms with E-state index >= 15 is 0 Å². The first-order valence-electron chi connectivity index (χ1n) is 6.14. The number of hydrogen-bond donors (Lipinski definition) is 1. The Hall–Kier alpha value is -1.56. The molecule has 2 aromatic heterocycles. The number of imidazole rings is 1. The molecule has 0 aromatic carbocycles. The summed E-state index contributed by atoms with van der Waals surface area (Å²) in [5.41, 5.74) is 0.294. The third-order valence-electron chi connectivity index (χ3n) is 3.61. The van der Waals surface area contributed by atoms with Gasteiger partial charge in [-0.2, -0.15) is 0 Å². The zero-order valence-electron chi connectivity index (χ0n) is 10.2. The summed E-state index contributed by atoms with van der Waals surface area (Å²) in [6.45, 7) is 4.00. The molecule has 1 N–H and O–H groups in total. The SMILES string of the molecule is CCC1CCN(c2nc3sccn3c2C(=O)O)C1. The molecule has 1 aliphatic rings. The van der Waals surface area contributed by atoms with Crippen molar-refractivity contribution in [1.82, 2.24) is 9.38 Å². The van der Waals surface area contributed by atoms with Gasteiger partial charge in [-0.15, -0.1) is 11.3 Å². The molecule has 1 saturated heterocycles. The Balaban J connectivity index is 2.03. The van der Waals surface area contributed by atoms with Crippen molar-refractivity contribution in [3.05, 3.63) is 17.3 Å². The van der Waals surface area contributed by atoms with Gasteiger partial charge in [0.05, 0.1) is 0 Å². The Morgan fingerprint density at radius 1 is 1.67 bits per heavy atom. The number of anilines is 1. The summed E-state index contributed by atoms with van der Waals surface area (Å²) in [5.74, 6) is 0.382. The topological polar surface area (TPSA) is 57.8 Å². The molecule has 1 atom stereocenters. The highest BCUT2D eigenvalue weighted by Crippen LogP contribution is 2.30. The van der Waals surface area contributed by atoms with E-state index < -0.39 is 5.97 Å². The molecular weight excluding hydrogens is 250 g/mol. The van der Waals surface area contributed by atoms with E-state index in [2.05, 4.69) is 16.8 Å². The molecule has 2 aromatic rings. The monoisotopic (exact) mass is 265 g/mol. The molecular formula is C12H15N3O2S. The van der Waals surface area contributed by atoms with E-state index in [0.717, 1.165) is 30.9 Å². The first kappa shape index (κ1) is 11.5. The van der Waals surface area contributed by atoms with Crippen LogP contribution in [-0.4, -0.2) is 33.6 Å². The molecule has 0 spiro atoms. The average molecular weight is 265 g/mol. The van der Waals surface area contributed by atoms with Crippen molar-refractivity contribution < 1.29 is 9.90 Å². The third kappa shape index (κ3) is 1.68. The molecule has 1 aliphatic heterocycles. The number of carboxylic acid groups (broad SMARTS) is 1. The van der Waals surface area contributed by atoms with Gasteiger partial charge in [0.15, 0.2) is 16.5 Å². The predicted molar refractivity (Wildman–Crippen MR) is 70.6 cm³/mol. The first-order valence-corrected chi connectivity index (χ1v) is 7.02. The van der Waals surface area contributed by atoms with Crippen molar-refractivity contribution in [2.45, 2.75) is 19.8 Å². The molecule has 0 aliphatic carbocycles.